The Bertz CT molecular complexity index is 288. The Hall–Kier alpha value is 0.510. The fraction of sp³-hybridized carbons (Fsp3) is 0.889. The van der Waals surface area contributed by atoms with Gasteiger partial charge in [-0.05, 0) is 0 Å². The Kier molecular flexibility index (Phi) is 7.70. The maximum absolute atomic E-state index is 12.2. The number of hydrogen-bond donors (Lipinski definition) is 0. The molecule has 2 nitrogen and oxygen atoms in total. The standard InChI is InChI=1S/C9H13F6I2O2/c1-16-5(4-17(2)3)6(18)19-7(8(10,11)12)9(13,14)15/h5,7H,4H2,1-3H3/q-1. The Labute approximate surface area is 124 Å². The van der Waals surface area contributed by atoms with E-state index >= 15 is 0 Å². The van der Waals surface area contributed by atoms with Crippen LogP contribution in [-0.2, 0) is 9.53 Å². The van der Waals surface area contributed by atoms with E-state index in [0.717, 1.165) is 0 Å². The van der Waals surface area contributed by atoms with Gasteiger partial charge in [0.1, 0.15) is 0 Å². The molecule has 0 aromatic rings. The average Bonchev–Trinajstić information content (AvgIpc) is 2.18. The summed E-state index contributed by atoms with van der Waals surface area (Å²) >= 11 is -2.24. The molecule has 0 fully saturated rings. The van der Waals surface area contributed by atoms with Crippen molar-refractivity contribution in [2.75, 3.05) is 19.2 Å². The summed E-state index contributed by atoms with van der Waals surface area (Å²) in [6.45, 7) is 0. The molecular weight excluding hydrogens is 508 g/mol. The third-order valence-electron chi connectivity index (χ3n) is 1.79. The quantitative estimate of drug-likeness (QED) is 0.219. The second kappa shape index (κ2) is 7.50. The van der Waals surface area contributed by atoms with Gasteiger partial charge >= 0.3 is 124 Å². The molecule has 0 heterocycles. The average molecular weight is 521 g/mol. The first-order chi connectivity index (χ1) is 8.39. The van der Waals surface area contributed by atoms with Crippen molar-refractivity contribution in [2.45, 2.75) is 22.4 Å². The van der Waals surface area contributed by atoms with Gasteiger partial charge in [0.05, 0.1) is 0 Å². The summed E-state index contributed by atoms with van der Waals surface area (Å²) in [5.74, 6) is -1.37. The predicted octanol–water partition coefficient (Wildman–Crippen LogP) is -0.124. The Morgan fingerprint density at radius 2 is 1.58 bits per heavy atom. The predicted molar refractivity (Wildman–Crippen MR) is 62.4 cm³/mol. The van der Waals surface area contributed by atoms with Crippen molar-refractivity contribution in [1.29, 1.82) is 0 Å². The third kappa shape index (κ3) is 7.18. The topological polar surface area (TPSA) is 26.3 Å². The first-order valence-electron chi connectivity index (χ1n) is 4.67. The molecule has 0 bridgehead atoms. The Balaban J connectivity index is 4.90. The van der Waals surface area contributed by atoms with E-state index < -0.39 is 69.4 Å². The summed E-state index contributed by atoms with van der Waals surface area (Å²) in [5, 5.41) is 0. The van der Waals surface area contributed by atoms with Crippen molar-refractivity contribution < 1.29 is 57.1 Å². The molecule has 0 saturated heterocycles. The van der Waals surface area contributed by atoms with Gasteiger partial charge in [-0.3, -0.25) is 0 Å². The van der Waals surface area contributed by atoms with E-state index in [2.05, 4.69) is 4.74 Å². The minimum atomic E-state index is -5.64. The van der Waals surface area contributed by atoms with Gasteiger partial charge in [-0.25, -0.2) is 0 Å². The van der Waals surface area contributed by atoms with Crippen LogP contribution in [0, 0.1) is 0 Å². The van der Waals surface area contributed by atoms with Crippen molar-refractivity contribution in [3.8, 4) is 0 Å². The van der Waals surface area contributed by atoms with Crippen LogP contribution in [0.3, 0.4) is 0 Å². The van der Waals surface area contributed by atoms with Crippen LogP contribution in [0.15, 0.2) is 0 Å². The second-order valence-corrected chi connectivity index (χ2v) is 12.5. The van der Waals surface area contributed by atoms with E-state index in [0.29, 0.717) is 4.43 Å². The zero-order chi connectivity index (χ0) is 15.4. The number of hydrogen-bond acceptors (Lipinski definition) is 2. The van der Waals surface area contributed by atoms with Crippen molar-refractivity contribution in [1.82, 2.24) is 0 Å². The number of carbonyl (C=O) groups is 1. The van der Waals surface area contributed by atoms with E-state index in [9.17, 15) is 31.1 Å². The van der Waals surface area contributed by atoms with Crippen LogP contribution in [0.5, 0.6) is 0 Å². The van der Waals surface area contributed by atoms with Crippen LogP contribution in [0.1, 0.15) is 0 Å². The van der Waals surface area contributed by atoms with E-state index in [1.54, 1.807) is 4.93 Å². The Morgan fingerprint density at radius 3 is 1.84 bits per heavy atom. The molecule has 0 amide bonds. The monoisotopic (exact) mass is 521 g/mol. The Morgan fingerprint density at radius 1 is 1.16 bits per heavy atom. The normalized spacial score (nSPS) is 15.6. The van der Waals surface area contributed by atoms with Crippen LogP contribution in [0.2, 0.25) is 0 Å². The van der Waals surface area contributed by atoms with E-state index in [1.165, 1.54) is 0 Å². The van der Waals surface area contributed by atoms with Crippen LogP contribution >= 0.6 is 19.8 Å². The first kappa shape index (κ1) is 19.5. The molecule has 1 unspecified atom stereocenters. The molecule has 1 atom stereocenters. The van der Waals surface area contributed by atoms with Crippen LogP contribution in [0.25, 0.3) is 0 Å². The van der Waals surface area contributed by atoms with Crippen LogP contribution in [-0.4, -0.2) is 47.6 Å². The van der Waals surface area contributed by atoms with Gasteiger partial charge in [-0.2, -0.15) is 0 Å². The van der Waals surface area contributed by atoms with Gasteiger partial charge in [-0.1, -0.05) is 0 Å². The molecule has 0 rings (SSSR count). The molecule has 10 heteroatoms. The fourth-order valence-electron chi connectivity index (χ4n) is 0.991. The zero-order valence-electron chi connectivity index (χ0n) is 10.2. The molecule has 0 spiro atoms. The first-order valence-corrected chi connectivity index (χ1v) is 13.9. The van der Waals surface area contributed by atoms with Gasteiger partial charge in [0.2, 0.25) is 0 Å². The van der Waals surface area contributed by atoms with Gasteiger partial charge in [0.25, 0.3) is 0 Å². The summed E-state index contributed by atoms with van der Waals surface area (Å²) in [6, 6.07) is 0. The molecule has 0 aliphatic heterocycles. The fourth-order valence-corrected chi connectivity index (χ4v) is 10.6. The van der Waals surface area contributed by atoms with E-state index in [4.69, 9.17) is 0 Å². The summed E-state index contributed by atoms with van der Waals surface area (Å²) in [5.41, 5.74) is 0. The van der Waals surface area contributed by atoms with Crippen molar-refractivity contribution in [3.05, 3.63) is 0 Å². The maximum atomic E-state index is 12.2. The van der Waals surface area contributed by atoms with Gasteiger partial charge in [-0.15, -0.1) is 0 Å². The molecule has 0 aromatic carbocycles. The summed E-state index contributed by atoms with van der Waals surface area (Å²) in [4.78, 5) is 16.9. The molecule has 0 aromatic heterocycles. The number of rotatable bonds is 5. The number of ether oxygens (including phenoxy) is 1. The van der Waals surface area contributed by atoms with E-state index in [-0.39, 0.29) is 0 Å². The van der Waals surface area contributed by atoms with Gasteiger partial charge in [0.15, 0.2) is 0 Å². The van der Waals surface area contributed by atoms with Crippen molar-refractivity contribution in [2.24, 2.45) is 0 Å². The van der Waals surface area contributed by atoms with E-state index in [1.807, 2.05) is 9.86 Å². The third-order valence-corrected chi connectivity index (χ3v) is 8.57. The summed E-state index contributed by atoms with van der Waals surface area (Å²) < 4.78 is 76.7. The summed E-state index contributed by atoms with van der Waals surface area (Å²) in [6.07, 6.45) is -15.3. The summed E-state index contributed by atoms with van der Waals surface area (Å²) in [7, 11) is 0. The number of esters is 1. The molecule has 0 N–H and O–H groups in total. The SMILES string of the molecule is C[I-]C(CI(C)C)C(=O)OC(C(F)(F)F)C(F)(F)F. The van der Waals surface area contributed by atoms with Crippen molar-refractivity contribution in [3.63, 3.8) is 0 Å². The molecule has 0 aliphatic rings. The molecule has 0 saturated carbocycles. The van der Waals surface area contributed by atoms with Gasteiger partial charge in [0, 0.05) is 0 Å². The molecular formula is C9H13F6I2O2-. The number of halogens is 8. The van der Waals surface area contributed by atoms with Crippen LogP contribution in [0.4, 0.5) is 26.3 Å². The van der Waals surface area contributed by atoms with Crippen LogP contribution < -0.4 is 21.2 Å². The molecule has 0 aliphatic carbocycles. The number of carbonyl (C=O) groups excluding carboxylic acids is 1. The van der Waals surface area contributed by atoms with Crippen molar-refractivity contribution >= 4 is 25.8 Å². The number of alkyl halides is 11. The molecule has 0 radical (unpaired) electrons. The second-order valence-electron chi connectivity index (χ2n) is 3.65. The minimum absolute atomic E-state index is 0.384. The molecule has 118 valence electrons. The molecule has 19 heavy (non-hydrogen) atoms. The zero-order valence-corrected chi connectivity index (χ0v) is 14.5. The van der Waals surface area contributed by atoms with Gasteiger partial charge < -0.3 is 0 Å².